The van der Waals surface area contributed by atoms with E-state index < -0.39 is 17.1 Å². The van der Waals surface area contributed by atoms with Crippen molar-refractivity contribution in [3.05, 3.63) is 58.5 Å². The number of carbonyl (C=O) groups is 3. The largest absolute Gasteiger partial charge is 0.493 e. The molecule has 1 heterocycles. The summed E-state index contributed by atoms with van der Waals surface area (Å²) in [5.41, 5.74) is 2.30. The lowest BCUT2D eigenvalue weighted by molar-refractivity contribution is -0.127. The molecule has 1 aliphatic heterocycles. The van der Waals surface area contributed by atoms with E-state index in [0.717, 1.165) is 28.6 Å². The SMILES string of the molecule is CC[C@H](C)Oc1ccc(/C=C2\SC(=O)N(CC(=O)Nc3cccc(C)c3)C2=O)cc1OC. The molecule has 0 unspecified atom stereocenters. The molecule has 3 amide bonds. The van der Waals surface area contributed by atoms with Gasteiger partial charge in [0.2, 0.25) is 5.91 Å². The predicted molar refractivity (Wildman–Crippen MR) is 126 cm³/mol. The third kappa shape index (κ3) is 5.70. The number of nitrogens with one attached hydrogen (secondary N) is 1. The summed E-state index contributed by atoms with van der Waals surface area (Å²) in [5.74, 6) is 0.210. The highest BCUT2D eigenvalue weighted by atomic mass is 32.2. The lowest BCUT2D eigenvalue weighted by atomic mass is 10.1. The topological polar surface area (TPSA) is 84.9 Å². The average molecular weight is 455 g/mol. The number of anilines is 1. The Morgan fingerprint density at radius 3 is 2.66 bits per heavy atom. The maximum Gasteiger partial charge on any atom is 0.294 e. The Hall–Kier alpha value is -3.26. The number of amides is 3. The first-order valence-corrected chi connectivity index (χ1v) is 11.1. The molecule has 1 fully saturated rings. The van der Waals surface area contributed by atoms with E-state index in [4.69, 9.17) is 9.47 Å². The molecule has 3 rings (SSSR count). The van der Waals surface area contributed by atoms with Gasteiger partial charge < -0.3 is 14.8 Å². The lowest BCUT2D eigenvalue weighted by Gasteiger charge is -2.15. The molecule has 0 spiro atoms. The Kier molecular flexibility index (Phi) is 7.58. The number of aryl methyl sites for hydroxylation is 1. The van der Waals surface area contributed by atoms with E-state index in [2.05, 4.69) is 5.32 Å². The van der Waals surface area contributed by atoms with E-state index in [0.29, 0.717) is 22.7 Å². The maximum absolute atomic E-state index is 12.7. The molecule has 7 nitrogen and oxygen atoms in total. The third-order valence-corrected chi connectivity index (χ3v) is 5.77. The summed E-state index contributed by atoms with van der Waals surface area (Å²) in [7, 11) is 1.54. The van der Waals surface area contributed by atoms with Crippen molar-refractivity contribution in [2.45, 2.75) is 33.3 Å². The van der Waals surface area contributed by atoms with E-state index in [1.54, 1.807) is 37.5 Å². The van der Waals surface area contributed by atoms with E-state index in [1.807, 2.05) is 39.0 Å². The van der Waals surface area contributed by atoms with Gasteiger partial charge in [0.25, 0.3) is 11.1 Å². The van der Waals surface area contributed by atoms with Crippen LogP contribution < -0.4 is 14.8 Å². The monoisotopic (exact) mass is 454 g/mol. The molecule has 1 atom stereocenters. The van der Waals surface area contributed by atoms with Crippen molar-refractivity contribution in [3.8, 4) is 11.5 Å². The van der Waals surface area contributed by atoms with Crippen molar-refractivity contribution in [3.63, 3.8) is 0 Å². The smallest absolute Gasteiger partial charge is 0.294 e. The highest BCUT2D eigenvalue weighted by Crippen LogP contribution is 2.35. The summed E-state index contributed by atoms with van der Waals surface area (Å²) in [6, 6.07) is 12.6. The van der Waals surface area contributed by atoms with Crippen molar-refractivity contribution < 1.29 is 23.9 Å². The van der Waals surface area contributed by atoms with Crippen LogP contribution in [0, 0.1) is 6.92 Å². The zero-order valence-corrected chi connectivity index (χ0v) is 19.3. The van der Waals surface area contributed by atoms with Crippen LogP contribution in [0.1, 0.15) is 31.4 Å². The van der Waals surface area contributed by atoms with Crippen molar-refractivity contribution in [1.29, 1.82) is 0 Å². The van der Waals surface area contributed by atoms with E-state index >= 15 is 0 Å². The van der Waals surface area contributed by atoms with Crippen LogP contribution in [0.2, 0.25) is 0 Å². The summed E-state index contributed by atoms with van der Waals surface area (Å²) in [6.07, 6.45) is 2.51. The summed E-state index contributed by atoms with van der Waals surface area (Å²) in [6.45, 7) is 5.57. The molecule has 2 aromatic carbocycles. The van der Waals surface area contributed by atoms with Gasteiger partial charge >= 0.3 is 0 Å². The molecule has 0 radical (unpaired) electrons. The number of rotatable bonds is 8. The molecule has 0 aromatic heterocycles. The van der Waals surface area contributed by atoms with Gasteiger partial charge in [-0.1, -0.05) is 25.1 Å². The third-order valence-electron chi connectivity index (χ3n) is 4.87. The van der Waals surface area contributed by atoms with E-state index in [-0.39, 0.29) is 17.6 Å². The van der Waals surface area contributed by atoms with Crippen molar-refractivity contribution in [2.75, 3.05) is 19.0 Å². The molecule has 0 aliphatic carbocycles. The number of benzene rings is 2. The second kappa shape index (κ2) is 10.4. The number of methoxy groups -OCH3 is 1. The molecular weight excluding hydrogens is 428 g/mol. The number of nitrogens with zero attached hydrogens (tertiary/aromatic N) is 1. The molecular formula is C24H26N2O5S. The van der Waals surface area contributed by atoms with Crippen LogP contribution >= 0.6 is 11.8 Å². The predicted octanol–water partition coefficient (Wildman–Crippen LogP) is 4.86. The molecule has 168 valence electrons. The van der Waals surface area contributed by atoms with Gasteiger partial charge in [-0.3, -0.25) is 19.3 Å². The first-order valence-electron chi connectivity index (χ1n) is 10.3. The first kappa shape index (κ1) is 23.4. The molecule has 1 aliphatic rings. The molecule has 1 saturated heterocycles. The van der Waals surface area contributed by atoms with Gasteiger partial charge in [-0.15, -0.1) is 0 Å². The van der Waals surface area contributed by atoms with Gasteiger partial charge in [-0.05, 0) is 73.5 Å². The molecule has 1 N–H and O–H groups in total. The van der Waals surface area contributed by atoms with Gasteiger partial charge in [0, 0.05) is 5.69 Å². The minimum absolute atomic E-state index is 0.0391. The van der Waals surface area contributed by atoms with Crippen molar-refractivity contribution in [1.82, 2.24) is 4.90 Å². The Morgan fingerprint density at radius 1 is 1.19 bits per heavy atom. The molecule has 0 bridgehead atoms. The van der Waals surface area contributed by atoms with Gasteiger partial charge in [0.15, 0.2) is 11.5 Å². The highest BCUT2D eigenvalue weighted by molar-refractivity contribution is 8.18. The van der Waals surface area contributed by atoms with Gasteiger partial charge in [0.05, 0.1) is 18.1 Å². The number of imide groups is 1. The molecule has 2 aromatic rings. The second-order valence-corrected chi connectivity index (χ2v) is 8.43. The zero-order valence-electron chi connectivity index (χ0n) is 18.5. The summed E-state index contributed by atoms with van der Waals surface area (Å²) in [5, 5.41) is 2.23. The quantitative estimate of drug-likeness (QED) is 0.574. The Balaban J connectivity index is 1.71. The Bertz CT molecular complexity index is 1070. The number of ether oxygens (including phenoxy) is 2. The number of thioether (sulfide) groups is 1. The van der Waals surface area contributed by atoms with Crippen LogP contribution in [0.5, 0.6) is 11.5 Å². The van der Waals surface area contributed by atoms with Gasteiger partial charge in [-0.25, -0.2) is 0 Å². The molecule has 32 heavy (non-hydrogen) atoms. The normalized spacial score (nSPS) is 15.8. The summed E-state index contributed by atoms with van der Waals surface area (Å²) < 4.78 is 11.2. The molecule has 0 saturated carbocycles. The highest BCUT2D eigenvalue weighted by Gasteiger charge is 2.36. The van der Waals surface area contributed by atoms with Gasteiger partial charge in [-0.2, -0.15) is 0 Å². The summed E-state index contributed by atoms with van der Waals surface area (Å²) >= 11 is 0.806. The number of hydrogen-bond acceptors (Lipinski definition) is 6. The van der Waals surface area contributed by atoms with E-state index in [1.165, 1.54) is 0 Å². The van der Waals surface area contributed by atoms with Crippen molar-refractivity contribution in [2.24, 2.45) is 0 Å². The van der Waals surface area contributed by atoms with Crippen LogP contribution in [0.15, 0.2) is 47.4 Å². The first-order chi connectivity index (χ1) is 15.3. The van der Waals surface area contributed by atoms with Crippen LogP contribution in [0.4, 0.5) is 10.5 Å². The van der Waals surface area contributed by atoms with Crippen LogP contribution in [-0.4, -0.2) is 41.7 Å². The fourth-order valence-electron chi connectivity index (χ4n) is 3.03. The lowest BCUT2D eigenvalue weighted by Crippen LogP contribution is -2.36. The minimum Gasteiger partial charge on any atom is -0.493 e. The zero-order chi connectivity index (χ0) is 23.3. The maximum atomic E-state index is 12.7. The second-order valence-electron chi connectivity index (χ2n) is 7.43. The Labute approximate surface area is 191 Å². The molecule has 8 heteroatoms. The number of hydrogen-bond donors (Lipinski definition) is 1. The minimum atomic E-state index is -0.502. The van der Waals surface area contributed by atoms with Crippen LogP contribution in [0.3, 0.4) is 0 Å². The van der Waals surface area contributed by atoms with Crippen LogP contribution in [0.25, 0.3) is 6.08 Å². The van der Waals surface area contributed by atoms with E-state index in [9.17, 15) is 14.4 Å². The Morgan fingerprint density at radius 2 is 1.97 bits per heavy atom. The fourth-order valence-corrected chi connectivity index (χ4v) is 3.86. The summed E-state index contributed by atoms with van der Waals surface area (Å²) in [4.78, 5) is 38.7. The number of carbonyl (C=O) groups excluding carboxylic acids is 3. The van der Waals surface area contributed by atoms with Gasteiger partial charge in [0.1, 0.15) is 6.54 Å². The average Bonchev–Trinajstić information content (AvgIpc) is 3.01. The standard InChI is InChI=1S/C24H26N2O5S/c1-5-16(3)31-19-10-9-17(12-20(19)30-4)13-21-23(28)26(24(29)32-21)14-22(27)25-18-8-6-7-15(2)11-18/h6-13,16H,5,14H2,1-4H3,(H,25,27)/b21-13-/t16-/m0/s1. The fraction of sp³-hybridized carbons (Fsp3) is 0.292. The van der Waals surface area contributed by atoms with Crippen molar-refractivity contribution >= 4 is 40.6 Å². The van der Waals surface area contributed by atoms with Crippen LogP contribution in [-0.2, 0) is 9.59 Å².